The summed E-state index contributed by atoms with van der Waals surface area (Å²) < 4.78 is 5.77. The van der Waals surface area contributed by atoms with Gasteiger partial charge in [-0.2, -0.15) is 0 Å². The SMILES string of the molecule is Cc1cc(C(N)=S)ccc1OCc1ccccc1. The maximum Gasteiger partial charge on any atom is 0.122 e. The van der Waals surface area contributed by atoms with E-state index in [2.05, 4.69) is 0 Å². The summed E-state index contributed by atoms with van der Waals surface area (Å²) in [4.78, 5) is 0.410. The molecule has 0 bridgehead atoms. The molecule has 0 amide bonds. The van der Waals surface area contributed by atoms with Crippen molar-refractivity contribution in [2.45, 2.75) is 13.5 Å². The Morgan fingerprint density at radius 2 is 1.89 bits per heavy atom. The van der Waals surface area contributed by atoms with Crippen LogP contribution in [0.1, 0.15) is 16.7 Å². The molecule has 0 aliphatic carbocycles. The highest BCUT2D eigenvalue weighted by Gasteiger charge is 2.03. The van der Waals surface area contributed by atoms with E-state index < -0.39 is 0 Å². The molecule has 0 fully saturated rings. The van der Waals surface area contributed by atoms with Crippen LogP contribution >= 0.6 is 12.2 Å². The summed E-state index contributed by atoms with van der Waals surface area (Å²) in [6.07, 6.45) is 0. The quantitative estimate of drug-likeness (QED) is 0.854. The fraction of sp³-hybridized carbons (Fsp3) is 0.133. The van der Waals surface area contributed by atoms with E-state index in [1.165, 1.54) is 0 Å². The lowest BCUT2D eigenvalue weighted by atomic mass is 10.1. The zero-order chi connectivity index (χ0) is 13.0. The van der Waals surface area contributed by atoms with Crippen LogP contribution in [0.5, 0.6) is 5.75 Å². The number of benzene rings is 2. The third kappa shape index (κ3) is 3.08. The van der Waals surface area contributed by atoms with Gasteiger partial charge in [-0.1, -0.05) is 42.5 Å². The summed E-state index contributed by atoms with van der Waals surface area (Å²) in [6, 6.07) is 15.8. The van der Waals surface area contributed by atoms with Crippen molar-refractivity contribution >= 4 is 17.2 Å². The fourth-order valence-corrected chi connectivity index (χ4v) is 1.83. The van der Waals surface area contributed by atoms with Crippen molar-refractivity contribution in [2.24, 2.45) is 5.73 Å². The first-order valence-corrected chi connectivity index (χ1v) is 6.15. The van der Waals surface area contributed by atoms with Crippen LogP contribution in [0.4, 0.5) is 0 Å². The van der Waals surface area contributed by atoms with Crippen molar-refractivity contribution < 1.29 is 4.74 Å². The average molecular weight is 257 g/mol. The Morgan fingerprint density at radius 1 is 1.17 bits per heavy atom. The third-order valence-electron chi connectivity index (χ3n) is 2.70. The van der Waals surface area contributed by atoms with Gasteiger partial charge in [0.05, 0.1) is 0 Å². The molecule has 0 saturated heterocycles. The molecule has 2 aromatic rings. The number of rotatable bonds is 4. The van der Waals surface area contributed by atoms with Gasteiger partial charge < -0.3 is 10.5 Å². The highest BCUT2D eigenvalue weighted by molar-refractivity contribution is 7.80. The van der Waals surface area contributed by atoms with Crippen LogP contribution in [-0.4, -0.2) is 4.99 Å². The van der Waals surface area contributed by atoms with Gasteiger partial charge in [0.15, 0.2) is 0 Å². The Hall–Kier alpha value is -1.87. The summed E-state index contributed by atoms with van der Waals surface area (Å²) in [5.41, 5.74) is 8.64. The number of nitrogens with two attached hydrogens (primary N) is 1. The monoisotopic (exact) mass is 257 g/mol. The molecule has 0 saturated carbocycles. The Morgan fingerprint density at radius 3 is 2.50 bits per heavy atom. The maximum absolute atomic E-state index is 5.77. The summed E-state index contributed by atoms with van der Waals surface area (Å²) >= 11 is 4.94. The zero-order valence-corrected chi connectivity index (χ0v) is 11.0. The molecular weight excluding hydrogens is 242 g/mol. The van der Waals surface area contributed by atoms with Gasteiger partial charge in [-0.15, -0.1) is 0 Å². The van der Waals surface area contributed by atoms with E-state index in [-0.39, 0.29) is 0 Å². The fourth-order valence-electron chi connectivity index (χ4n) is 1.70. The minimum atomic E-state index is 0.410. The van der Waals surface area contributed by atoms with Crippen molar-refractivity contribution in [3.8, 4) is 5.75 Å². The summed E-state index contributed by atoms with van der Waals surface area (Å²) in [5.74, 6) is 0.860. The Labute approximate surface area is 112 Å². The van der Waals surface area contributed by atoms with Gasteiger partial charge >= 0.3 is 0 Å². The molecule has 2 nitrogen and oxygen atoms in total. The first-order valence-electron chi connectivity index (χ1n) is 5.74. The van der Waals surface area contributed by atoms with Crippen LogP contribution in [-0.2, 0) is 6.61 Å². The average Bonchev–Trinajstić information content (AvgIpc) is 2.38. The van der Waals surface area contributed by atoms with E-state index in [1.807, 2.05) is 55.5 Å². The van der Waals surface area contributed by atoms with Crippen LogP contribution < -0.4 is 10.5 Å². The van der Waals surface area contributed by atoms with Crippen molar-refractivity contribution in [3.05, 3.63) is 65.2 Å². The molecule has 2 rings (SSSR count). The number of aryl methyl sites for hydroxylation is 1. The lowest BCUT2D eigenvalue weighted by Crippen LogP contribution is -2.09. The standard InChI is InChI=1S/C15H15NOS/c1-11-9-13(15(16)18)7-8-14(11)17-10-12-5-3-2-4-6-12/h2-9H,10H2,1H3,(H2,16,18). The second-order valence-corrected chi connectivity index (χ2v) is 4.56. The number of hydrogen-bond acceptors (Lipinski definition) is 2. The van der Waals surface area contributed by atoms with Crippen molar-refractivity contribution in [1.29, 1.82) is 0 Å². The van der Waals surface area contributed by atoms with E-state index in [4.69, 9.17) is 22.7 Å². The molecule has 0 atom stereocenters. The molecule has 0 heterocycles. The van der Waals surface area contributed by atoms with Gasteiger partial charge in [-0.3, -0.25) is 0 Å². The molecule has 0 radical (unpaired) electrons. The van der Waals surface area contributed by atoms with E-state index >= 15 is 0 Å². The first kappa shape index (κ1) is 12.6. The molecule has 0 aliphatic rings. The maximum atomic E-state index is 5.77. The molecule has 3 heteroatoms. The van der Waals surface area contributed by atoms with Gasteiger partial charge in [-0.05, 0) is 36.2 Å². The number of hydrogen-bond donors (Lipinski definition) is 1. The molecule has 0 aromatic heterocycles. The van der Waals surface area contributed by atoms with Gasteiger partial charge in [0.1, 0.15) is 17.3 Å². The van der Waals surface area contributed by atoms with E-state index in [0.29, 0.717) is 11.6 Å². The van der Waals surface area contributed by atoms with Crippen LogP contribution in [0.25, 0.3) is 0 Å². The topological polar surface area (TPSA) is 35.2 Å². The van der Waals surface area contributed by atoms with E-state index in [9.17, 15) is 0 Å². The highest BCUT2D eigenvalue weighted by atomic mass is 32.1. The van der Waals surface area contributed by atoms with E-state index in [0.717, 1.165) is 22.4 Å². The third-order valence-corrected chi connectivity index (χ3v) is 2.93. The summed E-state index contributed by atoms with van der Waals surface area (Å²) in [5, 5.41) is 0. The predicted molar refractivity (Wildman–Crippen MR) is 77.8 cm³/mol. The molecular formula is C15H15NOS. The van der Waals surface area contributed by atoms with Gasteiger partial charge in [0, 0.05) is 5.56 Å². The molecule has 2 aromatic carbocycles. The minimum Gasteiger partial charge on any atom is -0.489 e. The van der Waals surface area contributed by atoms with Crippen molar-refractivity contribution in [1.82, 2.24) is 0 Å². The number of ether oxygens (including phenoxy) is 1. The zero-order valence-electron chi connectivity index (χ0n) is 10.2. The van der Waals surface area contributed by atoms with E-state index in [1.54, 1.807) is 0 Å². The molecule has 0 spiro atoms. The molecule has 0 unspecified atom stereocenters. The Kier molecular flexibility index (Phi) is 3.95. The van der Waals surface area contributed by atoms with Crippen molar-refractivity contribution in [2.75, 3.05) is 0 Å². The molecule has 18 heavy (non-hydrogen) atoms. The first-order chi connectivity index (χ1) is 8.66. The van der Waals surface area contributed by atoms with Gasteiger partial charge in [0.2, 0.25) is 0 Å². The molecule has 2 N–H and O–H groups in total. The smallest absolute Gasteiger partial charge is 0.122 e. The van der Waals surface area contributed by atoms with Crippen LogP contribution in [0, 0.1) is 6.92 Å². The Bertz CT molecular complexity index is 552. The van der Waals surface area contributed by atoms with Crippen LogP contribution in [0.15, 0.2) is 48.5 Å². The van der Waals surface area contributed by atoms with Crippen LogP contribution in [0.3, 0.4) is 0 Å². The largest absolute Gasteiger partial charge is 0.489 e. The highest BCUT2D eigenvalue weighted by Crippen LogP contribution is 2.20. The van der Waals surface area contributed by atoms with Gasteiger partial charge in [-0.25, -0.2) is 0 Å². The second-order valence-electron chi connectivity index (χ2n) is 4.12. The number of thiocarbonyl (C=S) groups is 1. The lowest BCUT2D eigenvalue weighted by Gasteiger charge is -2.10. The minimum absolute atomic E-state index is 0.410. The summed E-state index contributed by atoms with van der Waals surface area (Å²) in [7, 11) is 0. The second kappa shape index (κ2) is 5.65. The van der Waals surface area contributed by atoms with Gasteiger partial charge in [0.25, 0.3) is 0 Å². The molecule has 0 aliphatic heterocycles. The summed E-state index contributed by atoms with van der Waals surface area (Å²) in [6.45, 7) is 2.55. The van der Waals surface area contributed by atoms with Crippen molar-refractivity contribution in [3.63, 3.8) is 0 Å². The van der Waals surface area contributed by atoms with Crippen LogP contribution in [0.2, 0.25) is 0 Å². The normalized spacial score (nSPS) is 10.1. The molecule has 92 valence electrons. The lowest BCUT2D eigenvalue weighted by molar-refractivity contribution is 0.304. The Balaban J connectivity index is 2.08. The predicted octanol–water partition coefficient (Wildman–Crippen LogP) is 3.21.